The molecule has 0 aliphatic heterocycles. The molecule has 0 aliphatic rings. The first-order valence-electron chi connectivity index (χ1n) is 6.69. The average Bonchev–Trinajstić information content (AvgIpc) is 2.48. The summed E-state index contributed by atoms with van der Waals surface area (Å²) in [5.74, 6) is -0.444. The second kappa shape index (κ2) is 6.74. The molecule has 2 aromatic rings. The van der Waals surface area contributed by atoms with E-state index in [1.54, 1.807) is 19.1 Å². The zero-order valence-electron chi connectivity index (χ0n) is 11.9. The van der Waals surface area contributed by atoms with Gasteiger partial charge in [-0.25, -0.2) is 4.79 Å². The number of aliphatic hydroxyl groups is 1. The minimum absolute atomic E-state index is 0.0430. The van der Waals surface area contributed by atoms with Gasteiger partial charge in [-0.2, -0.15) is 0 Å². The van der Waals surface area contributed by atoms with E-state index in [0.29, 0.717) is 22.8 Å². The van der Waals surface area contributed by atoms with Crippen LogP contribution < -0.4 is 5.32 Å². The minimum atomic E-state index is -0.444. The number of anilines is 1. The van der Waals surface area contributed by atoms with Gasteiger partial charge in [-0.1, -0.05) is 11.6 Å². The molecule has 112 valence electrons. The van der Waals surface area contributed by atoms with E-state index >= 15 is 0 Å². The smallest absolute Gasteiger partial charge is 0.341 e. The number of nitrogens with zero attached hydrogens (tertiary/aromatic N) is 1. The number of nitrogens with one attached hydrogen (secondary N) is 1. The summed E-state index contributed by atoms with van der Waals surface area (Å²) in [6, 6.07) is 3.57. The topological polar surface area (TPSA) is 71.5 Å². The third-order valence-corrected chi connectivity index (χ3v) is 3.54. The maximum atomic E-state index is 12.0. The minimum Gasteiger partial charge on any atom is -0.462 e. The molecule has 1 aromatic carbocycles. The molecule has 21 heavy (non-hydrogen) atoms. The summed E-state index contributed by atoms with van der Waals surface area (Å²) in [4.78, 5) is 16.4. The summed E-state index contributed by atoms with van der Waals surface area (Å²) >= 11 is 6.10. The van der Waals surface area contributed by atoms with Crippen LogP contribution in [-0.4, -0.2) is 35.8 Å². The van der Waals surface area contributed by atoms with E-state index in [4.69, 9.17) is 21.4 Å². The summed E-state index contributed by atoms with van der Waals surface area (Å²) in [6.45, 7) is 4.19. The largest absolute Gasteiger partial charge is 0.462 e. The van der Waals surface area contributed by atoms with E-state index in [9.17, 15) is 4.79 Å². The van der Waals surface area contributed by atoms with Crippen molar-refractivity contribution in [2.45, 2.75) is 13.8 Å². The third-order valence-electron chi connectivity index (χ3n) is 3.14. The zero-order valence-corrected chi connectivity index (χ0v) is 12.7. The number of aromatic nitrogens is 1. The Balaban J connectivity index is 2.64. The molecule has 0 saturated carbocycles. The molecule has 2 N–H and O–H groups in total. The highest BCUT2D eigenvalue weighted by molar-refractivity contribution is 6.32. The molecule has 5 nitrogen and oxygen atoms in total. The van der Waals surface area contributed by atoms with Gasteiger partial charge in [-0.3, -0.25) is 4.98 Å². The van der Waals surface area contributed by atoms with Crippen molar-refractivity contribution < 1.29 is 14.6 Å². The van der Waals surface area contributed by atoms with Crippen molar-refractivity contribution in [1.82, 2.24) is 4.98 Å². The number of carbonyl (C=O) groups excluding carboxylic acids is 1. The van der Waals surface area contributed by atoms with Crippen LogP contribution in [-0.2, 0) is 4.74 Å². The highest BCUT2D eigenvalue weighted by atomic mass is 35.5. The number of aliphatic hydroxyl groups excluding tert-OH is 1. The Kier molecular flexibility index (Phi) is 4.98. The van der Waals surface area contributed by atoms with Gasteiger partial charge in [0, 0.05) is 23.2 Å². The molecule has 0 amide bonds. The van der Waals surface area contributed by atoms with Crippen molar-refractivity contribution in [3.05, 3.63) is 34.5 Å². The first kappa shape index (κ1) is 15.5. The van der Waals surface area contributed by atoms with Crippen molar-refractivity contribution >= 4 is 34.2 Å². The van der Waals surface area contributed by atoms with Crippen LogP contribution in [0.4, 0.5) is 5.69 Å². The lowest BCUT2D eigenvalue weighted by molar-refractivity contribution is 0.0527. The van der Waals surface area contributed by atoms with Crippen LogP contribution in [0, 0.1) is 6.92 Å². The second-order valence-corrected chi connectivity index (χ2v) is 4.89. The number of carbonyl (C=O) groups is 1. The van der Waals surface area contributed by atoms with E-state index in [-0.39, 0.29) is 13.2 Å². The molecule has 0 atom stereocenters. The molecule has 1 aromatic heterocycles. The standard InChI is InChI=1S/C15H17ClN2O3/c1-3-21-15(20)11-8-18-13-9(2)12(16)5-4-10(13)14(11)17-6-7-19/h4-5,8,19H,3,6-7H2,1-2H3,(H,17,18). The Labute approximate surface area is 127 Å². The van der Waals surface area contributed by atoms with Crippen LogP contribution in [0.3, 0.4) is 0 Å². The van der Waals surface area contributed by atoms with Crippen molar-refractivity contribution in [1.29, 1.82) is 0 Å². The molecule has 0 bridgehead atoms. The van der Waals surface area contributed by atoms with E-state index in [1.165, 1.54) is 6.20 Å². The number of rotatable bonds is 5. The van der Waals surface area contributed by atoms with Crippen molar-refractivity contribution in [3.8, 4) is 0 Å². The van der Waals surface area contributed by atoms with Crippen LogP contribution in [0.25, 0.3) is 10.9 Å². The van der Waals surface area contributed by atoms with E-state index in [2.05, 4.69) is 10.3 Å². The Bertz CT molecular complexity index is 674. The highest BCUT2D eigenvalue weighted by Crippen LogP contribution is 2.31. The molecule has 6 heteroatoms. The summed E-state index contributed by atoms with van der Waals surface area (Å²) in [5, 5.41) is 13.5. The summed E-state index contributed by atoms with van der Waals surface area (Å²) in [6.07, 6.45) is 1.48. The molecule has 0 fully saturated rings. The molecule has 0 spiro atoms. The van der Waals surface area contributed by atoms with Gasteiger partial charge in [0.1, 0.15) is 5.56 Å². The predicted octanol–water partition coefficient (Wildman–Crippen LogP) is 2.78. The number of esters is 1. The van der Waals surface area contributed by atoms with Gasteiger partial charge in [0.25, 0.3) is 0 Å². The first-order chi connectivity index (χ1) is 10.1. The SMILES string of the molecule is CCOC(=O)c1cnc2c(C)c(Cl)ccc2c1NCCO. The zero-order chi connectivity index (χ0) is 15.4. The summed E-state index contributed by atoms with van der Waals surface area (Å²) in [5.41, 5.74) is 2.51. The maximum absolute atomic E-state index is 12.0. The number of pyridine rings is 1. The summed E-state index contributed by atoms with van der Waals surface area (Å²) < 4.78 is 5.04. The number of benzene rings is 1. The van der Waals surface area contributed by atoms with Crippen molar-refractivity contribution in [2.24, 2.45) is 0 Å². The Morgan fingerprint density at radius 2 is 2.24 bits per heavy atom. The van der Waals surface area contributed by atoms with Gasteiger partial charge >= 0.3 is 5.97 Å². The Morgan fingerprint density at radius 3 is 2.90 bits per heavy atom. The number of ether oxygens (including phenoxy) is 1. The highest BCUT2D eigenvalue weighted by Gasteiger charge is 2.17. The predicted molar refractivity (Wildman–Crippen MR) is 83.0 cm³/mol. The third kappa shape index (κ3) is 3.09. The van der Waals surface area contributed by atoms with E-state index in [1.807, 2.05) is 6.92 Å². The fraction of sp³-hybridized carbons (Fsp3) is 0.333. The molecule has 0 saturated heterocycles. The summed E-state index contributed by atoms with van der Waals surface area (Å²) in [7, 11) is 0. The van der Waals surface area contributed by atoms with E-state index in [0.717, 1.165) is 16.5 Å². The lowest BCUT2D eigenvalue weighted by Crippen LogP contribution is -2.13. The van der Waals surface area contributed by atoms with Gasteiger partial charge in [-0.15, -0.1) is 0 Å². The Hall–Kier alpha value is -1.85. The first-order valence-corrected chi connectivity index (χ1v) is 7.07. The van der Waals surface area contributed by atoms with Crippen molar-refractivity contribution in [2.75, 3.05) is 25.1 Å². The molecule has 0 unspecified atom stereocenters. The van der Waals surface area contributed by atoms with Gasteiger partial charge in [0.2, 0.25) is 0 Å². The van der Waals surface area contributed by atoms with Crippen LogP contribution in [0.2, 0.25) is 5.02 Å². The monoisotopic (exact) mass is 308 g/mol. The van der Waals surface area contributed by atoms with E-state index < -0.39 is 5.97 Å². The van der Waals surface area contributed by atoms with Gasteiger partial charge in [0.15, 0.2) is 0 Å². The molecule has 0 radical (unpaired) electrons. The number of hydrogen-bond donors (Lipinski definition) is 2. The maximum Gasteiger partial charge on any atom is 0.341 e. The second-order valence-electron chi connectivity index (χ2n) is 4.49. The molecular weight excluding hydrogens is 292 g/mol. The lowest BCUT2D eigenvalue weighted by Gasteiger charge is -2.14. The number of fused-ring (bicyclic) bond motifs is 1. The van der Waals surface area contributed by atoms with Crippen molar-refractivity contribution in [3.63, 3.8) is 0 Å². The molecule has 2 rings (SSSR count). The Morgan fingerprint density at radius 1 is 1.48 bits per heavy atom. The normalized spacial score (nSPS) is 10.7. The molecule has 0 aliphatic carbocycles. The lowest BCUT2D eigenvalue weighted by atomic mass is 10.1. The van der Waals surface area contributed by atoms with Gasteiger partial charge in [-0.05, 0) is 31.5 Å². The van der Waals surface area contributed by atoms with Gasteiger partial charge in [0.05, 0.1) is 24.4 Å². The number of halogens is 1. The van der Waals surface area contributed by atoms with Crippen LogP contribution in [0.1, 0.15) is 22.8 Å². The quantitative estimate of drug-likeness (QED) is 0.831. The van der Waals surface area contributed by atoms with Gasteiger partial charge < -0.3 is 15.2 Å². The number of aryl methyl sites for hydroxylation is 1. The van der Waals surface area contributed by atoms with Crippen LogP contribution >= 0.6 is 11.6 Å². The molecular formula is C15H17ClN2O3. The fourth-order valence-corrected chi connectivity index (χ4v) is 2.27. The average molecular weight is 309 g/mol. The fourth-order valence-electron chi connectivity index (χ4n) is 2.12. The van der Waals surface area contributed by atoms with Crippen LogP contribution in [0.5, 0.6) is 0 Å². The molecule has 1 heterocycles. The number of hydrogen-bond acceptors (Lipinski definition) is 5. The van der Waals surface area contributed by atoms with Crippen LogP contribution in [0.15, 0.2) is 18.3 Å².